The zero-order valence-corrected chi connectivity index (χ0v) is 12.2. The fourth-order valence-corrected chi connectivity index (χ4v) is 2.41. The average molecular weight is 298 g/mol. The molecule has 1 aliphatic heterocycles. The first-order valence-electron chi connectivity index (χ1n) is 6.91. The lowest BCUT2D eigenvalue weighted by Crippen LogP contribution is -2.54. The summed E-state index contributed by atoms with van der Waals surface area (Å²) in [6.07, 6.45) is 0.726. The van der Waals surface area contributed by atoms with Gasteiger partial charge in [-0.15, -0.1) is 0 Å². The van der Waals surface area contributed by atoms with Crippen molar-refractivity contribution in [1.82, 2.24) is 4.90 Å². The van der Waals surface area contributed by atoms with E-state index in [1.807, 2.05) is 13.8 Å². The van der Waals surface area contributed by atoms with Crippen molar-refractivity contribution in [2.24, 2.45) is 11.1 Å². The summed E-state index contributed by atoms with van der Waals surface area (Å²) in [4.78, 5) is 13.8. The third-order valence-corrected chi connectivity index (χ3v) is 3.91. The molecule has 1 saturated heterocycles. The number of ether oxygens (including phenoxy) is 1. The molecule has 2 N–H and O–H groups in total. The second-order valence-electron chi connectivity index (χ2n) is 6.06. The summed E-state index contributed by atoms with van der Waals surface area (Å²) in [5, 5.41) is 0. The number of likely N-dealkylation sites (tertiary alicyclic amines) is 1. The normalized spacial score (nSPS) is 21.2. The molecule has 1 atom stereocenters. The Morgan fingerprint density at radius 1 is 1.48 bits per heavy atom. The van der Waals surface area contributed by atoms with Crippen LogP contribution in [0.3, 0.4) is 0 Å². The molecule has 1 unspecified atom stereocenters. The number of nitrogens with zero attached hydrogens (tertiary/aromatic N) is 1. The fraction of sp³-hybridized carbons (Fsp3) is 0.533. The number of rotatable bonds is 3. The van der Waals surface area contributed by atoms with Gasteiger partial charge in [0.05, 0.1) is 0 Å². The van der Waals surface area contributed by atoms with Gasteiger partial charge in [0, 0.05) is 25.2 Å². The molecule has 2 rings (SSSR count). The number of carbonyl (C=O) groups is 1. The van der Waals surface area contributed by atoms with Crippen LogP contribution in [0.4, 0.5) is 8.78 Å². The van der Waals surface area contributed by atoms with Crippen LogP contribution in [-0.2, 0) is 4.79 Å². The van der Waals surface area contributed by atoms with Crippen LogP contribution in [0.25, 0.3) is 0 Å². The van der Waals surface area contributed by atoms with Gasteiger partial charge in [-0.25, -0.2) is 8.78 Å². The molecular formula is C15H20F2N2O2. The first kappa shape index (κ1) is 15.7. The molecule has 1 aromatic carbocycles. The molecule has 116 valence electrons. The van der Waals surface area contributed by atoms with E-state index in [2.05, 4.69) is 0 Å². The van der Waals surface area contributed by atoms with Gasteiger partial charge in [0.2, 0.25) is 0 Å². The van der Waals surface area contributed by atoms with E-state index in [9.17, 15) is 13.6 Å². The lowest BCUT2D eigenvalue weighted by Gasteiger charge is -2.42. The smallest absolute Gasteiger partial charge is 0.260 e. The zero-order chi connectivity index (χ0) is 15.6. The molecule has 0 bridgehead atoms. The average Bonchev–Trinajstić information content (AvgIpc) is 2.40. The summed E-state index contributed by atoms with van der Waals surface area (Å²) in [6, 6.07) is 3.04. The molecule has 21 heavy (non-hydrogen) atoms. The van der Waals surface area contributed by atoms with Crippen molar-refractivity contribution < 1.29 is 18.3 Å². The molecule has 1 aromatic rings. The maximum atomic E-state index is 13.4. The molecule has 0 spiro atoms. The van der Waals surface area contributed by atoms with Crippen LogP contribution < -0.4 is 10.5 Å². The molecule has 4 nitrogen and oxygen atoms in total. The topological polar surface area (TPSA) is 55.6 Å². The molecule has 0 saturated carbocycles. The van der Waals surface area contributed by atoms with Gasteiger partial charge in [0.25, 0.3) is 5.91 Å². The van der Waals surface area contributed by atoms with Crippen molar-refractivity contribution in [1.29, 1.82) is 0 Å². The van der Waals surface area contributed by atoms with Crippen molar-refractivity contribution >= 4 is 5.91 Å². The highest BCUT2D eigenvalue weighted by Crippen LogP contribution is 2.27. The second-order valence-corrected chi connectivity index (χ2v) is 6.06. The van der Waals surface area contributed by atoms with Crippen LogP contribution in [0.1, 0.15) is 20.3 Å². The second kappa shape index (κ2) is 5.97. The standard InChI is InChI=1S/C15H20F2N2O2/c1-15(2)9-19(6-5-13(15)18)14(20)8-21-12-4-3-10(16)7-11(12)17/h3-4,7,13H,5-6,8-9,18H2,1-2H3. The van der Waals surface area contributed by atoms with Gasteiger partial charge in [0.15, 0.2) is 18.2 Å². The Hall–Kier alpha value is -1.69. The number of amides is 1. The third kappa shape index (κ3) is 3.69. The van der Waals surface area contributed by atoms with Gasteiger partial charge in [-0.3, -0.25) is 4.79 Å². The number of carbonyl (C=O) groups excluding carboxylic acids is 1. The Bertz CT molecular complexity index is 534. The van der Waals surface area contributed by atoms with Crippen molar-refractivity contribution in [2.75, 3.05) is 19.7 Å². The van der Waals surface area contributed by atoms with Gasteiger partial charge >= 0.3 is 0 Å². The van der Waals surface area contributed by atoms with Crippen molar-refractivity contribution in [3.63, 3.8) is 0 Å². The molecule has 0 aromatic heterocycles. The Morgan fingerprint density at radius 3 is 2.81 bits per heavy atom. The number of hydrogen-bond acceptors (Lipinski definition) is 3. The summed E-state index contributed by atoms with van der Waals surface area (Å²) in [6.45, 7) is 4.87. The van der Waals surface area contributed by atoms with Crippen LogP contribution in [0.15, 0.2) is 18.2 Å². The summed E-state index contributed by atoms with van der Waals surface area (Å²) < 4.78 is 31.3. The molecule has 1 heterocycles. The maximum Gasteiger partial charge on any atom is 0.260 e. The Labute approximate surface area is 122 Å². The van der Waals surface area contributed by atoms with Crippen LogP contribution in [0, 0.1) is 17.0 Å². The van der Waals surface area contributed by atoms with Crippen LogP contribution in [0.5, 0.6) is 5.75 Å². The first-order chi connectivity index (χ1) is 9.79. The predicted molar refractivity (Wildman–Crippen MR) is 74.8 cm³/mol. The van der Waals surface area contributed by atoms with E-state index in [4.69, 9.17) is 10.5 Å². The molecule has 0 aliphatic carbocycles. The fourth-order valence-electron chi connectivity index (χ4n) is 2.41. The minimum absolute atomic E-state index is 0.0528. The molecule has 1 aliphatic rings. The number of benzene rings is 1. The van der Waals surface area contributed by atoms with E-state index in [-0.39, 0.29) is 29.7 Å². The molecule has 1 fully saturated rings. The molecule has 0 radical (unpaired) electrons. The van der Waals surface area contributed by atoms with Crippen LogP contribution in [0.2, 0.25) is 0 Å². The highest BCUT2D eigenvalue weighted by molar-refractivity contribution is 5.78. The van der Waals surface area contributed by atoms with E-state index >= 15 is 0 Å². The van der Waals surface area contributed by atoms with Crippen molar-refractivity contribution in [3.8, 4) is 5.75 Å². The van der Waals surface area contributed by atoms with Gasteiger partial charge < -0.3 is 15.4 Å². The number of piperidine rings is 1. The SMILES string of the molecule is CC1(C)CN(C(=O)COc2ccc(F)cc2F)CCC1N. The molecule has 6 heteroatoms. The Morgan fingerprint density at radius 2 is 2.19 bits per heavy atom. The van der Waals surface area contributed by atoms with Crippen molar-refractivity contribution in [2.45, 2.75) is 26.3 Å². The quantitative estimate of drug-likeness (QED) is 0.927. The van der Waals surface area contributed by atoms with E-state index in [0.29, 0.717) is 13.1 Å². The van der Waals surface area contributed by atoms with Crippen LogP contribution in [-0.4, -0.2) is 36.5 Å². The predicted octanol–water partition coefficient (Wildman–Crippen LogP) is 1.93. The highest BCUT2D eigenvalue weighted by atomic mass is 19.1. The van der Waals surface area contributed by atoms with Gasteiger partial charge in [0.1, 0.15) is 5.82 Å². The molecule has 1 amide bonds. The van der Waals surface area contributed by atoms with Gasteiger partial charge in [-0.2, -0.15) is 0 Å². The van der Waals surface area contributed by atoms with Gasteiger partial charge in [-0.05, 0) is 24.0 Å². The third-order valence-electron chi connectivity index (χ3n) is 3.91. The maximum absolute atomic E-state index is 13.4. The van der Waals surface area contributed by atoms with E-state index in [0.717, 1.165) is 18.6 Å². The van der Waals surface area contributed by atoms with Gasteiger partial charge in [-0.1, -0.05) is 13.8 Å². The van der Waals surface area contributed by atoms with E-state index in [1.54, 1.807) is 4.90 Å². The summed E-state index contributed by atoms with van der Waals surface area (Å²) in [5.74, 6) is -1.85. The first-order valence-corrected chi connectivity index (χ1v) is 6.91. The highest BCUT2D eigenvalue weighted by Gasteiger charge is 2.35. The summed E-state index contributed by atoms with van der Waals surface area (Å²) in [5.41, 5.74) is 5.86. The largest absolute Gasteiger partial charge is 0.481 e. The Kier molecular flexibility index (Phi) is 4.46. The lowest BCUT2D eigenvalue weighted by molar-refractivity contribution is -0.136. The zero-order valence-electron chi connectivity index (χ0n) is 12.2. The van der Waals surface area contributed by atoms with Crippen molar-refractivity contribution in [3.05, 3.63) is 29.8 Å². The number of hydrogen-bond donors (Lipinski definition) is 1. The number of nitrogens with two attached hydrogens (primary N) is 1. The van der Waals surface area contributed by atoms with Crippen LogP contribution >= 0.6 is 0 Å². The Balaban J connectivity index is 1.93. The van der Waals surface area contributed by atoms with E-state index < -0.39 is 11.6 Å². The lowest BCUT2D eigenvalue weighted by atomic mass is 9.80. The summed E-state index contributed by atoms with van der Waals surface area (Å²) >= 11 is 0. The minimum Gasteiger partial charge on any atom is -0.481 e. The monoisotopic (exact) mass is 298 g/mol. The van der Waals surface area contributed by atoms with E-state index in [1.165, 1.54) is 6.07 Å². The molecular weight excluding hydrogens is 278 g/mol. The minimum atomic E-state index is -0.816. The summed E-state index contributed by atoms with van der Waals surface area (Å²) in [7, 11) is 0. The number of halogens is 2.